The Bertz CT molecular complexity index is 315. The lowest BCUT2D eigenvalue weighted by Crippen LogP contribution is -1.90. The Morgan fingerprint density at radius 2 is 1.75 bits per heavy atom. The second-order valence-electron chi connectivity index (χ2n) is 2.05. The zero-order valence-electron chi connectivity index (χ0n) is 5.69. The van der Waals surface area contributed by atoms with Crippen molar-refractivity contribution in [1.29, 1.82) is 0 Å². The highest BCUT2D eigenvalue weighted by atomic mass is 19.1. The molecule has 0 aliphatic rings. The van der Waals surface area contributed by atoms with Gasteiger partial charge >= 0.3 is 5.69 Å². The minimum absolute atomic E-state index is 0.553. The number of benzene rings is 1. The van der Waals surface area contributed by atoms with E-state index in [1.165, 1.54) is 0 Å². The molecule has 64 valence electrons. The SMILES string of the molecule is O=[N+]([O-])c1c(O)cc(F)cc1O. The van der Waals surface area contributed by atoms with Crippen LogP contribution in [0.5, 0.6) is 11.5 Å². The molecule has 0 heterocycles. The van der Waals surface area contributed by atoms with Crippen LogP contribution in [0.15, 0.2) is 12.1 Å². The number of rotatable bonds is 1. The van der Waals surface area contributed by atoms with Crippen molar-refractivity contribution in [1.82, 2.24) is 0 Å². The van der Waals surface area contributed by atoms with Gasteiger partial charge in [0.15, 0.2) is 0 Å². The summed E-state index contributed by atoms with van der Waals surface area (Å²) in [6, 6.07) is 1.11. The van der Waals surface area contributed by atoms with E-state index in [2.05, 4.69) is 0 Å². The van der Waals surface area contributed by atoms with Gasteiger partial charge in [0.25, 0.3) is 0 Å². The maximum Gasteiger partial charge on any atom is 0.352 e. The molecule has 0 amide bonds. The third-order valence-electron chi connectivity index (χ3n) is 1.22. The summed E-state index contributed by atoms with van der Waals surface area (Å²) < 4.78 is 12.3. The summed E-state index contributed by atoms with van der Waals surface area (Å²) in [5, 5.41) is 27.7. The van der Waals surface area contributed by atoms with Gasteiger partial charge in [0.1, 0.15) is 5.82 Å². The van der Waals surface area contributed by atoms with Crippen molar-refractivity contribution in [3.05, 3.63) is 28.1 Å². The lowest BCUT2D eigenvalue weighted by atomic mass is 10.2. The van der Waals surface area contributed by atoms with Crippen molar-refractivity contribution >= 4 is 5.69 Å². The first kappa shape index (κ1) is 8.25. The highest BCUT2D eigenvalue weighted by molar-refractivity contribution is 5.55. The van der Waals surface area contributed by atoms with Gasteiger partial charge in [-0.25, -0.2) is 4.39 Å². The number of nitrogens with zero attached hydrogens (tertiary/aromatic N) is 1. The van der Waals surface area contributed by atoms with Crippen molar-refractivity contribution in [3.8, 4) is 11.5 Å². The van der Waals surface area contributed by atoms with E-state index in [1.807, 2.05) is 0 Å². The summed E-state index contributed by atoms with van der Waals surface area (Å²) >= 11 is 0. The highest BCUT2D eigenvalue weighted by Crippen LogP contribution is 2.35. The van der Waals surface area contributed by atoms with Crippen LogP contribution in [-0.4, -0.2) is 15.1 Å². The largest absolute Gasteiger partial charge is 0.502 e. The van der Waals surface area contributed by atoms with Crippen LogP contribution in [0.2, 0.25) is 0 Å². The summed E-state index contributed by atoms with van der Waals surface area (Å²) in [7, 11) is 0. The van der Waals surface area contributed by atoms with E-state index in [-0.39, 0.29) is 0 Å². The fourth-order valence-corrected chi connectivity index (χ4v) is 0.758. The molecule has 5 nitrogen and oxygen atoms in total. The second kappa shape index (κ2) is 2.65. The molecule has 0 fully saturated rings. The predicted molar refractivity (Wildman–Crippen MR) is 36.4 cm³/mol. The first-order chi connectivity index (χ1) is 5.52. The number of halogens is 1. The minimum atomic E-state index is -0.996. The number of hydrogen-bond acceptors (Lipinski definition) is 4. The molecule has 0 radical (unpaired) electrons. The monoisotopic (exact) mass is 173 g/mol. The van der Waals surface area contributed by atoms with Crippen LogP contribution in [0, 0.1) is 15.9 Å². The fourth-order valence-electron chi connectivity index (χ4n) is 0.758. The quantitative estimate of drug-likeness (QED) is 0.492. The lowest BCUT2D eigenvalue weighted by molar-refractivity contribution is -0.386. The molecule has 0 spiro atoms. The van der Waals surface area contributed by atoms with Gasteiger partial charge < -0.3 is 10.2 Å². The third kappa shape index (κ3) is 1.26. The minimum Gasteiger partial charge on any atom is -0.502 e. The Kier molecular flexibility index (Phi) is 1.82. The van der Waals surface area contributed by atoms with Gasteiger partial charge in [-0.1, -0.05) is 0 Å². The van der Waals surface area contributed by atoms with Gasteiger partial charge in [-0.3, -0.25) is 10.1 Å². The number of phenolic OH excluding ortho intramolecular Hbond substituents is 2. The van der Waals surface area contributed by atoms with Gasteiger partial charge in [-0.15, -0.1) is 0 Å². The molecular weight excluding hydrogens is 169 g/mol. The molecular formula is C6H4FNO4. The highest BCUT2D eigenvalue weighted by Gasteiger charge is 2.20. The van der Waals surface area contributed by atoms with Crippen molar-refractivity contribution in [2.24, 2.45) is 0 Å². The Morgan fingerprint density at radius 1 is 1.33 bits per heavy atom. The van der Waals surface area contributed by atoms with E-state index in [9.17, 15) is 14.5 Å². The Morgan fingerprint density at radius 3 is 2.08 bits per heavy atom. The van der Waals surface area contributed by atoms with E-state index < -0.39 is 27.9 Å². The second-order valence-corrected chi connectivity index (χ2v) is 2.05. The predicted octanol–water partition coefficient (Wildman–Crippen LogP) is 1.15. The Labute approximate surface area is 65.8 Å². The van der Waals surface area contributed by atoms with Gasteiger partial charge in [-0.05, 0) is 0 Å². The average molecular weight is 173 g/mol. The van der Waals surface area contributed by atoms with Crippen LogP contribution in [0.25, 0.3) is 0 Å². The zero-order chi connectivity index (χ0) is 9.30. The molecule has 2 N–H and O–H groups in total. The molecule has 0 saturated heterocycles. The van der Waals surface area contributed by atoms with Crippen molar-refractivity contribution in [3.63, 3.8) is 0 Å². The first-order valence-corrected chi connectivity index (χ1v) is 2.88. The van der Waals surface area contributed by atoms with Crippen molar-refractivity contribution in [2.45, 2.75) is 0 Å². The van der Waals surface area contributed by atoms with E-state index >= 15 is 0 Å². The van der Waals surface area contributed by atoms with E-state index in [0.717, 1.165) is 0 Å². The molecule has 0 aromatic heterocycles. The van der Waals surface area contributed by atoms with E-state index in [4.69, 9.17) is 10.2 Å². The summed E-state index contributed by atoms with van der Waals surface area (Å²) in [6.45, 7) is 0. The standard InChI is InChI=1S/C6H4FNO4/c7-3-1-4(9)6(8(11)12)5(10)2-3/h1-2,9-10H. The van der Waals surface area contributed by atoms with E-state index in [1.54, 1.807) is 0 Å². The van der Waals surface area contributed by atoms with Crippen LogP contribution in [-0.2, 0) is 0 Å². The van der Waals surface area contributed by atoms with Crippen molar-refractivity contribution < 1.29 is 19.5 Å². The molecule has 12 heavy (non-hydrogen) atoms. The molecule has 0 unspecified atom stereocenters. The summed E-state index contributed by atoms with van der Waals surface area (Å²) in [5.74, 6) is -2.72. The fraction of sp³-hybridized carbons (Fsp3) is 0. The number of hydrogen-bond donors (Lipinski definition) is 2. The zero-order valence-corrected chi connectivity index (χ0v) is 5.69. The van der Waals surface area contributed by atoms with Gasteiger partial charge in [0.05, 0.1) is 4.92 Å². The van der Waals surface area contributed by atoms with Crippen molar-refractivity contribution in [2.75, 3.05) is 0 Å². The molecule has 0 saturated carbocycles. The number of aromatic hydroxyl groups is 2. The van der Waals surface area contributed by atoms with Crippen LogP contribution in [0.1, 0.15) is 0 Å². The number of nitro groups is 1. The molecule has 0 aliphatic carbocycles. The van der Waals surface area contributed by atoms with E-state index in [0.29, 0.717) is 12.1 Å². The molecule has 1 rings (SSSR count). The van der Waals surface area contributed by atoms with Gasteiger partial charge in [0.2, 0.25) is 11.5 Å². The smallest absolute Gasteiger partial charge is 0.352 e. The third-order valence-corrected chi connectivity index (χ3v) is 1.22. The summed E-state index contributed by atoms with van der Waals surface area (Å²) in [6.07, 6.45) is 0. The summed E-state index contributed by atoms with van der Waals surface area (Å²) in [4.78, 5) is 9.12. The topological polar surface area (TPSA) is 83.6 Å². The molecule has 6 heteroatoms. The van der Waals surface area contributed by atoms with Gasteiger partial charge in [-0.2, -0.15) is 0 Å². The normalized spacial score (nSPS) is 9.75. The first-order valence-electron chi connectivity index (χ1n) is 2.88. The number of nitro benzene ring substituents is 1. The van der Waals surface area contributed by atoms with Crippen LogP contribution in [0.3, 0.4) is 0 Å². The Balaban J connectivity index is 3.38. The van der Waals surface area contributed by atoms with Gasteiger partial charge in [0, 0.05) is 12.1 Å². The molecule has 1 aromatic rings. The maximum atomic E-state index is 12.3. The maximum absolute atomic E-state index is 12.3. The lowest BCUT2D eigenvalue weighted by Gasteiger charge is -1.97. The van der Waals surface area contributed by atoms with Crippen LogP contribution < -0.4 is 0 Å². The molecule has 1 aromatic carbocycles. The molecule has 0 atom stereocenters. The Hall–Kier alpha value is -1.85. The molecule has 0 aliphatic heterocycles. The number of phenols is 2. The molecule has 0 bridgehead atoms. The van der Waals surface area contributed by atoms with Crippen LogP contribution >= 0.6 is 0 Å². The average Bonchev–Trinajstić information content (AvgIpc) is 1.82. The van der Waals surface area contributed by atoms with Crippen LogP contribution in [0.4, 0.5) is 10.1 Å². The summed E-state index contributed by atoms with van der Waals surface area (Å²) in [5.41, 5.74) is -0.892.